The molecule has 0 fully saturated rings. The van der Waals surface area contributed by atoms with E-state index in [9.17, 15) is 5.26 Å². The second kappa shape index (κ2) is 8.75. The Labute approximate surface area is 171 Å². The zero-order chi connectivity index (χ0) is 19.2. The first-order valence-electron chi connectivity index (χ1n) is 8.72. The Morgan fingerprint density at radius 2 is 1.75 bits per heavy atom. The predicted molar refractivity (Wildman–Crippen MR) is 116 cm³/mol. The van der Waals surface area contributed by atoms with Gasteiger partial charge in [-0.15, -0.1) is 11.3 Å². The Balaban J connectivity index is 1.43. The van der Waals surface area contributed by atoms with Crippen molar-refractivity contribution in [2.24, 2.45) is 0 Å². The lowest BCUT2D eigenvalue weighted by molar-refractivity contribution is 0.306. The number of aromatic nitrogens is 1. The molecule has 0 unspecified atom stereocenters. The summed E-state index contributed by atoms with van der Waals surface area (Å²) in [5.41, 5.74) is 3.05. The van der Waals surface area contributed by atoms with Crippen molar-refractivity contribution in [3.8, 4) is 11.8 Å². The van der Waals surface area contributed by atoms with Crippen molar-refractivity contribution in [2.45, 2.75) is 10.9 Å². The Kier molecular flexibility index (Phi) is 5.72. The molecule has 0 aliphatic carbocycles. The molecule has 0 aliphatic heterocycles. The Bertz CT molecular complexity index is 1110. The van der Waals surface area contributed by atoms with Crippen molar-refractivity contribution in [1.82, 2.24) is 4.98 Å². The Hall–Kier alpha value is -3.07. The highest BCUT2D eigenvalue weighted by atomic mass is 32.2. The predicted octanol–water partition coefficient (Wildman–Crippen LogP) is 6.53. The van der Waals surface area contributed by atoms with Crippen molar-refractivity contribution in [2.75, 3.05) is 0 Å². The summed E-state index contributed by atoms with van der Waals surface area (Å²) in [6.07, 6.45) is 1.87. The lowest BCUT2D eigenvalue weighted by Crippen LogP contribution is -1.94. The van der Waals surface area contributed by atoms with Crippen molar-refractivity contribution in [3.63, 3.8) is 0 Å². The van der Waals surface area contributed by atoms with Crippen molar-refractivity contribution in [3.05, 3.63) is 94.9 Å². The summed E-state index contributed by atoms with van der Waals surface area (Å²) in [7, 11) is 0. The van der Waals surface area contributed by atoms with Gasteiger partial charge in [0.25, 0.3) is 0 Å². The molecule has 3 nitrogen and oxygen atoms in total. The number of thioether (sulfide) groups is 1. The first-order chi connectivity index (χ1) is 13.8. The number of hydrogen-bond acceptors (Lipinski definition) is 5. The molecule has 1 aromatic heterocycles. The van der Waals surface area contributed by atoms with Crippen molar-refractivity contribution < 1.29 is 4.74 Å². The van der Waals surface area contributed by atoms with E-state index in [1.165, 1.54) is 11.8 Å². The van der Waals surface area contributed by atoms with Crippen LogP contribution in [0.15, 0.2) is 88.1 Å². The van der Waals surface area contributed by atoms with Gasteiger partial charge in [0.15, 0.2) is 4.34 Å². The topological polar surface area (TPSA) is 45.9 Å². The molecule has 4 rings (SSSR count). The highest BCUT2D eigenvalue weighted by Gasteiger charge is 2.07. The van der Waals surface area contributed by atoms with Gasteiger partial charge in [-0.2, -0.15) is 5.26 Å². The summed E-state index contributed by atoms with van der Waals surface area (Å²) < 4.78 is 7.81. The average Bonchev–Trinajstić information content (AvgIpc) is 3.16. The molecule has 1 heterocycles. The van der Waals surface area contributed by atoms with Gasteiger partial charge in [0.05, 0.1) is 15.1 Å². The molecule has 0 spiro atoms. The molecule has 0 bridgehead atoms. The van der Waals surface area contributed by atoms with Crippen LogP contribution < -0.4 is 4.74 Å². The Morgan fingerprint density at radius 3 is 2.50 bits per heavy atom. The summed E-state index contributed by atoms with van der Waals surface area (Å²) in [5.74, 6) is 0.804. The van der Waals surface area contributed by atoms with Gasteiger partial charge in [0, 0.05) is 0 Å². The largest absolute Gasteiger partial charge is 0.489 e. The highest BCUT2D eigenvalue weighted by Crippen LogP contribution is 2.34. The van der Waals surface area contributed by atoms with Crippen LogP contribution in [0.4, 0.5) is 0 Å². The number of allylic oxidation sites excluding steroid dienone is 1. The molecule has 0 saturated heterocycles. The molecule has 0 saturated carbocycles. The van der Waals surface area contributed by atoms with E-state index in [1.807, 2.05) is 84.9 Å². The number of fused-ring (bicyclic) bond motifs is 1. The second-order valence-electron chi connectivity index (χ2n) is 6.01. The number of rotatable bonds is 6. The fourth-order valence-corrected chi connectivity index (χ4v) is 4.60. The monoisotopic (exact) mass is 400 g/mol. The number of nitriles is 1. The molecule has 4 aromatic rings. The minimum absolute atomic E-state index is 0.535. The van der Waals surface area contributed by atoms with Gasteiger partial charge < -0.3 is 4.74 Å². The number of thiazole rings is 1. The molecule has 0 radical (unpaired) electrons. The van der Waals surface area contributed by atoms with Crippen LogP contribution in [-0.4, -0.2) is 4.98 Å². The second-order valence-corrected chi connectivity index (χ2v) is 8.33. The third-order valence-electron chi connectivity index (χ3n) is 4.01. The normalized spacial score (nSPS) is 11.3. The number of benzene rings is 3. The van der Waals surface area contributed by atoms with Crippen molar-refractivity contribution >= 4 is 39.4 Å². The van der Waals surface area contributed by atoms with E-state index in [0.717, 1.165) is 31.4 Å². The van der Waals surface area contributed by atoms with E-state index < -0.39 is 0 Å². The fraction of sp³-hybridized carbons (Fsp3) is 0.0435. The first-order valence-corrected chi connectivity index (χ1v) is 10.4. The molecule has 136 valence electrons. The fourth-order valence-electron chi connectivity index (χ4n) is 2.63. The third kappa shape index (κ3) is 4.61. The molecule has 0 N–H and O–H groups in total. The minimum atomic E-state index is 0.535. The number of para-hydroxylation sites is 1. The Morgan fingerprint density at radius 1 is 1.00 bits per heavy atom. The van der Waals surface area contributed by atoms with Crippen molar-refractivity contribution in [1.29, 1.82) is 5.26 Å². The van der Waals surface area contributed by atoms with Crippen LogP contribution >= 0.6 is 23.1 Å². The lowest BCUT2D eigenvalue weighted by atomic mass is 10.2. The van der Waals surface area contributed by atoms with Crippen LogP contribution in [0.2, 0.25) is 0 Å². The van der Waals surface area contributed by atoms with Gasteiger partial charge in [-0.1, -0.05) is 54.6 Å². The van der Waals surface area contributed by atoms with Crippen LogP contribution in [-0.2, 0) is 6.61 Å². The first kappa shape index (κ1) is 18.3. The van der Waals surface area contributed by atoms with E-state index in [0.29, 0.717) is 11.5 Å². The van der Waals surface area contributed by atoms with E-state index in [-0.39, 0.29) is 0 Å². The van der Waals surface area contributed by atoms with Crippen LogP contribution in [0.3, 0.4) is 0 Å². The zero-order valence-electron chi connectivity index (χ0n) is 14.9. The molecule has 0 atom stereocenters. The maximum absolute atomic E-state index is 9.50. The summed E-state index contributed by atoms with van der Waals surface area (Å²) in [6, 6.07) is 28.1. The highest BCUT2D eigenvalue weighted by molar-refractivity contribution is 8.05. The van der Waals surface area contributed by atoms with E-state index in [2.05, 4.69) is 11.1 Å². The summed E-state index contributed by atoms with van der Waals surface area (Å²) in [6.45, 7) is 0.535. The summed E-state index contributed by atoms with van der Waals surface area (Å²) in [4.78, 5) is 5.19. The summed E-state index contributed by atoms with van der Waals surface area (Å²) in [5, 5.41) is 9.50. The molecule has 0 amide bonds. The number of ether oxygens (including phenoxy) is 1. The number of hydrogen-bond donors (Lipinski definition) is 0. The van der Waals surface area contributed by atoms with Gasteiger partial charge >= 0.3 is 0 Å². The molecule has 3 aromatic carbocycles. The zero-order valence-corrected chi connectivity index (χ0v) is 16.5. The van der Waals surface area contributed by atoms with Crippen LogP contribution in [0.25, 0.3) is 16.3 Å². The van der Waals surface area contributed by atoms with Crippen LogP contribution in [0, 0.1) is 11.3 Å². The third-order valence-corrected chi connectivity index (χ3v) is 6.03. The van der Waals surface area contributed by atoms with E-state index >= 15 is 0 Å². The minimum Gasteiger partial charge on any atom is -0.489 e. The maximum Gasteiger partial charge on any atom is 0.156 e. The van der Waals surface area contributed by atoms with Gasteiger partial charge in [-0.25, -0.2) is 4.98 Å². The van der Waals surface area contributed by atoms with Crippen LogP contribution in [0.5, 0.6) is 5.75 Å². The van der Waals surface area contributed by atoms with E-state index in [1.54, 1.807) is 11.3 Å². The molecule has 28 heavy (non-hydrogen) atoms. The average molecular weight is 401 g/mol. The molecular formula is C23H16N2OS2. The molecule has 5 heteroatoms. The quantitative estimate of drug-likeness (QED) is 0.273. The van der Waals surface area contributed by atoms with Gasteiger partial charge in [0.2, 0.25) is 0 Å². The molecule has 0 aliphatic rings. The van der Waals surface area contributed by atoms with Gasteiger partial charge in [0.1, 0.15) is 18.4 Å². The SMILES string of the molecule is N#CC(=Cc1ccc(OCc2ccccc2)cc1)Sc1nc2ccccc2s1. The standard InChI is InChI=1S/C23H16N2OS2/c24-15-20(27-23-25-21-8-4-5-9-22(21)28-23)14-17-10-12-19(13-11-17)26-16-18-6-2-1-3-7-18/h1-14H,16H2. The van der Waals surface area contributed by atoms with E-state index in [4.69, 9.17) is 4.74 Å². The smallest absolute Gasteiger partial charge is 0.156 e. The number of nitrogens with zero attached hydrogens (tertiary/aromatic N) is 2. The summed E-state index contributed by atoms with van der Waals surface area (Å²) >= 11 is 3.00. The van der Waals surface area contributed by atoms with Gasteiger partial charge in [-0.05, 0) is 53.2 Å². The van der Waals surface area contributed by atoms with Crippen LogP contribution in [0.1, 0.15) is 11.1 Å². The lowest BCUT2D eigenvalue weighted by Gasteiger charge is -2.06. The van der Waals surface area contributed by atoms with Gasteiger partial charge in [-0.3, -0.25) is 0 Å². The maximum atomic E-state index is 9.50. The molecular weight excluding hydrogens is 384 g/mol.